The standard InChI is InChI=1S/C24H22ClF3N4O2S/c1-14(2)29-7-8-31-22(33)21(35-23(31)34)10-15-3-6-20-17(9-15)12-30-32(20)13-16-4-5-18(25)11-19(16)24(26,27)28/h3-6,9-12,14,29H,7-8,13H2,1-2H3. The van der Waals surface area contributed by atoms with E-state index >= 15 is 0 Å². The first kappa shape index (κ1) is 25.3. The van der Waals surface area contributed by atoms with E-state index in [1.165, 1.54) is 21.7 Å². The molecule has 35 heavy (non-hydrogen) atoms. The molecule has 3 aromatic rings. The summed E-state index contributed by atoms with van der Waals surface area (Å²) in [5, 5.41) is 7.82. The zero-order chi connectivity index (χ0) is 25.3. The lowest BCUT2D eigenvalue weighted by Gasteiger charge is -2.14. The van der Waals surface area contributed by atoms with Crippen LogP contribution in [-0.2, 0) is 17.5 Å². The number of carbonyl (C=O) groups excluding carboxylic acids is 2. The van der Waals surface area contributed by atoms with Gasteiger partial charge in [0, 0.05) is 29.5 Å². The van der Waals surface area contributed by atoms with Crippen molar-refractivity contribution in [2.24, 2.45) is 0 Å². The molecule has 1 fully saturated rings. The van der Waals surface area contributed by atoms with E-state index in [9.17, 15) is 22.8 Å². The van der Waals surface area contributed by atoms with Gasteiger partial charge in [-0.3, -0.25) is 19.2 Å². The molecular formula is C24H22ClF3N4O2S. The SMILES string of the molecule is CC(C)NCCN1C(=O)SC(=Cc2ccc3c(cnn3Cc3ccc(Cl)cc3C(F)(F)F)c2)C1=O. The van der Waals surface area contributed by atoms with E-state index in [1.54, 1.807) is 30.5 Å². The molecule has 0 aliphatic carbocycles. The van der Waals surface area contributed by atoms with Crippen molar-refractivity contribution in [3.8, 4) is 0 Å². The number of nitrogens with one attached hydrogen (secondary N) is 1. The molecule has 0 spiro atoms. The van der Waals surface area contributed by atoms with E-state index < -0.39 is 11.7 Å². The van der Waals surface area contributed by atoms with Gasteiger partial charge in [0.25, 0.3) is 11.1 Å². The fourth-order valence-corrected chi connectivity index (χ4v) is 4.78. The van der Waals surface area contributed by atoms with Gasteiger partial charge in [0.1, 0.15) is 0 Å². The van der Waals surface area contributed by atoms with Gasteiger partial charge in [-0.15, -0.1) is 0 Å². The lowest BCUT2D eigenvalue weighted by molar-refractivity contribution is -0.138. The zero-order valence-electron chi connectivity index (χ0n) is 18.9. The van der Waals surface area contributed by atoms with Crippen LogP contribution in [0.4, 0.5) is 18.0 Å². The van der Waals surface area contributed by atoms with Crippen LogP contribution in [0, 0.1) is 0 Å². The van der Waals surface area contributed by atoms with Crippen LogP contribution in [-0.4, -0.2) is 45.0 Å². The zero-order valence-corrected chi connectivity index (χ0v) is 20.5. The minimum Gasteiger partial charge on any atom is -0.313 e. The molecule has 0 atom stereocenters. The Morgan fingerprint density at radius 2 is 1.94 bits per heavy atom. The van der Waals surface area contributed by atoms with Crippen LogP contribution >= 0.6 is 23.4 Å². The van der Waals surface area contributed by atoms with Crippen molar-refractivity contribution in [1.29, 1.82) is 0 Å². The van der Waals surface area contributed by atoms with Crippen molar-refractivity contribution in [1.82, 2.24) is 20.0 Å². The molecule has 184 valence electrons. The van der Waals surface area contributed by atoms with Gasteiger partial charge in [0.15, 0.2) is 0 Å². The monoisotopic (exact) mass is 522 g/mol. The minimum absolute atomic E-state index is 0.0108. The maximum Gasteiger partial charge on any atom is 0.416 e. The fourth-order valence-electron chi connectivity index (χ4n) is 3.74. The van der Waals surface area contributed by atoms with E-state index in [4.69, 9.17) is 11.6 Å². The quantitative estimate of drug-likeness (QED) is 0.398. The van der Waals surface area contributed by atoms with Crippen LogP contribution in [0.2, 0.25) is 5.02 Å². The third kappa shape index (κ3) is 5.71. The van der Waals surface area contributed by atoms with Crippen LogP contribution in [0.25, 0.3) is 17.0 Å². The second kappa shape index (κ2) is 10.0. The number of amides is 2. The molecule has 11 heteroatoms. The number of aromatic nitrogens is 2. The van der Waals surface area contributed by atoms with Crippen LogP contribution in [0.5, 0.6) is 0 Å². The van der Waals surface area contributed by atoms with Crippen LogP contribution in [0.1, 0.15) is 30.5 Å². The number of rotatable bonds is 7. The van der Waals surface area contributed by atoms with Gasteiger partial charge < -0.3 is 5.32 Å². The minimum atomic E-state index is -4.54. The van der Waals surface area contributed by atoms with Crippen molar-refractivity contribution < 1.29 is 22.8 Å². The van der Waals surface area contributed by atoms with Crippen molar-refractivity contribution >= 4 is 51.5 Å². The van der Waals surface area contributed by atoms with Gasteiger partial charge in [0.2, 0.25) is 0 Å². The number of benzene rings is 2. The van der Waals surface area contributed by atoms with Crippen molar-refractivity contribution in [2.45, 2.75) is 32.6 Å². The lowest BCUT2D eigenvalue weighted by Crippen LogP contribution is -2.37. The molecule has 1 aliphatic rings. The molecule has 1 aliphatic heterocycles. The van der Waals surface area contributed by atoms with E-state index in [0.29, 0.717) is 27.9 Å². The van der Waals surface area contributed by atoms with Crippen molar-refractivity contribution in [2.75, 3.05) is 13.1 Å². The van der Waals surface area contributed by atoms with E-state index in [-0.39, 0.29) is 40.9 Å². The topological polar surface area (TPSA) is 67.2 Å². The van der Waals surface area contributed by atoms with E-state index in [2.05, 4.69) is 10.4 Å². The third-order valence-corrected chi connectivity index (χ3v) is 6.57. The number of halogens is 4. The van der Waals surface area contributed by atoms with Gasteiger partial charge in [0.05, 0.1) is 28.7 Å². The highest BCUT2D eigenvalue weighted by Gasteiger charge is 2.35. The number of carbonyl (C=O) groups is 2. The summed E-state index contributed by atoms with van der Waals surface area (Å²) in [6.45, 7) is 4.68. The highest BCUT2D eigenvalue weighted by atomic mass is 35.5. The van der Waals surface area contributed by atoms with Gasteiger partial charge in [-0.1, -0.05) is 37.6 Å². The Bertz CT molecular complexity index is 1320. The molecule has 0 saturated carbocycles. The number of hydrogen-bond acceptors (Lipinski definition) is 5. The molecule has 2 amide bonds. The van der Waals surface area contributed by atoms with Crippen LogP contribution in [0.3, 0.4) is 0 Å². The summed E-state index contributed by atoms with van der Waals surface area (Å²) in [6, 6.07) is 9.17. The van der Waals surface area contributed by atoms with Crippen LogP contribution in [0.15, 0.2) is 47.5 Å². The third-order valence-electron chi connectivity index (χ3n) is 5.42. The predicted molar refractivity (Wildman–Crippen MR) is 131 cm³/mol. The summed E-state index contributed by atoms with van der Waals surface area (Å²) in [5.41, 5.74) is 0.574. The van der Waals surface area contributed by atoms with Crippen LogP contribution < -0.4 is 5.32 Å². The summed E-state index contributed by atoms with van der Waals surface area (Å²) in [4.78, 5) is 26.5. The molecule has 0 bridgehead atoms. The smallest absolute Gasteiger partial charge is 0.313 e. The molecule has 0 radical (unpaired) electrons. The summed E-state index contributed by atoms with van der Waals surface area (Å²) in [5.74, 6) is -0.344. The lowest BCUT2D eigenvalue weighted by atomic mass is 10.1. The largest absolute Gasteiger partial charge is 0.416 e. The Kier molecular flexibility index (Phi) is 7.25. The summed E-state index contributed by atoms with van der Waals surface area (Å²) in [6.07, 6.45) is -1.35. The van der Waals surface area contributed by atoms with Gasteiger partial charge in [-0.05, 0) is 53.2 Å². The van der Waals surface area contributed by atoms with Crippen molar-refractivity contribution in [3.05, 3.63) is 69.2 Å². The van der Waals surface area contributed by atoms with Gasteiger partial charge >= 0.3 is 6.18 Å². The van der Waals surface area contributed by atoms with E-state index in [0.717, 1.165) is 17.8 Å². The number of imide groups is 1. The van der Waals surface area contributed by atoms with Crippen molar-refractivity contribution in [3.63, 3.8) is 0 Å². The molecule has 1 aromatic heterocycles. The fraction of sp³-hybridized carbons (Fsp3) is 0.292. The molecule has 2 heterocycles. The maximum atomic E-state index is 13.5. The predicted octanol–water partition coefficient (Wildman–Crippen LogP) is 5.79. The average Bonchev–Trinajstić information content (AvgIpc) is 3.29. The molecule has 1 saturated heterocycles. The molecular weight excluding hydrogens is 501 g/mol. The summed E-state index contributed by atoms with van der Waals surface area (Å²) < 4.78 is 41.8. The normalized spacial score (nSPS) is 15.9. The highest BCUT2D eigenvalue weighted by molar-refractivity contribution is 8.18. The maximum absolute atomic E-state index is 13.5. The average molecular weight is 523 g/mol. The van der Waals surface area contributed by atoms with E-state index in [1.807, 2.05) is 13.8 Å². The Labute approximate surface area is 209 Å². The second-order valence-electron chi connectivity index (χ2n) is 8.36. The Morgan fingerprint density at radius 3 is 2.66 bits per heavy atom. The molecule has 1 N–H and O–H groups in total. The molecule has 4 rings (SSSR count). The Morgan fingerprint density at radius 1 is 1.17 bits per heavy atom. The number of hydrogen-bond donors (Lipinski definition) is 1. The second-order valence-corrected chi connectivity index (χ2v) is 9.79. The highest BCUT2D eigenvalue weighted by Crippen LogP contribution is 2.35. The van der Waals surface area contributed by atoms with Gasteiger partial charge in [-0.25, -0.2) is 0 Å². The number of alkyl halides is 3. The summed E-state index contributed by atoms with van der Waals surface area (Å²) >= 11 is 6.66. The summed E-state index contributed by atoms with van der Waals surface area (Å²) in [7, 11) is 0. The Hall–Kier alpha value is -2.82. The molecule has 6 nitrogen and oxygen atoms in total. The molecule has 0 unspecified atom stereocenters. The van der Waals surface area contributed by atoms with Gasteiger partial charge in [-0.2, -0.15) is 18.3 Å². The molecule has 2 aromatic carbocycles. The first-order valence-electron chi connectivity index (χ1n) is 10.8. The first-order valence-corrected chi connectivity index (χ1v) is 12.0. The first-order chi connectivity index (χ1) is 16.5. The number of fused-ring (bicyclic) bond motifs is 1. The number of thioether (sulfide) groups is 1. The Balaban J connectivity index is 1.55. The number of nitrogens with zero attached hydrogens (tertiary/aromatic N) is 3.